The van der Waals surface area contributed by atoms with Crippen LogP contribution >= 0.6 is 15.9 Å². The van der Waals surface area contributed by atoms with Gasteiger partial charge < -0.3 is 20.1 Å². The number of hydrogen-bond donors (Lipinski definition) is 1. The molecule has 106 valence electrons. The lowest BCUT2D eigenvalue weighted by Crippen LogP contribution is -2.27. The summed E-state index contributed by atoms with van der Waals surface area (Å²) in [4.78, 5) is 13.0. The number of rotatable bonds is 6. The van der Waals surface area contributed by atoms with Crippen LogP contribution in [0, 0.1) is 0 Å². The van der Waals surface area contributed by atoms with Gasteiger partial charge >= 0.3 is 0 Å². The molecule has 6 heteroatoms. The molecule has 5 nitrogen and oxygen atoms in total. The number of amides is 1. The van der Waals surface area contributed by atoms with Crippen molar-refractivity contribution in [2.75, 3.05) is 34.4 Å². The molecule has 0 bridgehead atoms. The van der Waals surface area contributed by atoms with Crippen LogP contribution < -0.4 is 15.2 Å². The lowest BCUT2D eigenvalue weighted by atomic mass is 10.1. The molecule has 1 aromatic carbocycles. The molecule has 19 heavy (non-hydrogen) atoms. The molecule has 0 aliphatic rings. The van der Waals surface area contributed by atoms with Gasteiger partial charge in [-0.2, -0.15) is 0 Å². The molecule has 0 fully saturated rings. The molecule has 2 N–H and O–H groups in total. The van der Waals surface area contributed by atoms with Crippen molar-refractivity contribution in [2.24, 2.45) is 5.73 Å². The fourth-order valence-electron chi connectivity index (χ4n) is 1.49. The SMILES string of the molecule is COc1cc(CCN)cc(Br)c1OCC(=O)N(C)C. The number of hydrogen-bond acceptors (Lipinski definition) is 4. The fourth-order valence-corrected chi connectivity index (χ4v) is 2.09. The Kier molecular flexibility index (Phi) is 6.11. The zero-order valence-electron chi connectivity index (χ0n) is 11.4. The molecule has 0 aliphatic heterocycles. The predicted molar refractivity (Wildman–Crippen MR) is 77.6 cm³/mol. The Bertz CT molecular complexity index is 450. The van der Waals surface area contributed by atoms with Crippen LogP contribution in [0.1, 0.15) is 5.56 Å². The van der Waals surface area contributed by atoms with E-state index in [-0.39, 0.29) is 12.5 Å². The molecule has 0 aliphatic carbocycles. The van der Waals surface area contributed by atoms with Gasteiger partial charge in [-0.3, -0.25) is 4.79 Å². The van der Waals surface area contributed by atoms with Gasteiger partial charge in [0.2, 0.25) is 0 Å². The van der Waals surface area contributed by atoms with Gasteiger partial charge in [0.1, 0.15) is 0 Å². The minimum atomic E-state index is -0.111. The first-order valence-corrected chi connectivity index (χ1v) is 6.68. The van der Waals surface area contributed by atoms with Crippen LogP contribution in [0.25, 0.3) is 0 Å². The number of nitrogens with zero attached hydrogens (tertiary/aromatic N) is 1. The van der Waals surface area contributed by atoms with E-state index in [0.29, 0.717) is 18.0 Å². The normalized spacial score (nSPS) is 10.2. The van der Waals surface area contributed by atoms with Crippen LogP contribution in [0.3, 0.4) is 0 Å². The van der Waals surface area contributed by atoms with E-state index >= 15 is 0 Å². The van der Waals surface area contributed by atoms with Gasteiger partial charge in [0.05, 0.1) is 11.6 Å². The van der Waals surface area contributed by atoms with Gasteiger partial charge in [-0.05, 0) is 46.6 Å². The van der Waals surface area contributed by atoms with Crippen LogP contribution in [0.2, 0.25) is 0 Å². The third kappa shape index (κ3) is 4.40. The summed E-state index contributed by atoms with van der Waals surface area (Å²) < 4.78 is 11.6. The largest absolute Gasteiger partial charge is 0.493 e. The number of benzene rings is 1. The Morgan fingerprint density at radius 2 is 2.11 bits per heavy atom. The Hall–Kier alpha value is -1.27. The minimum Gasteiger partial charge on any atom is -0.493 e. The molecular weight excluding hydrogens is 312 g/mol. The third-order valence-electron chi connectivity index (χ3n) is 2.56. The average Bonchev–Trinajstić information content (AvgIpc) is 2.36. The van der Waals surface area contributed by atoms with E-state index in [4.69, 9.17) is 15.2 Å². The van der Waals surface area contributed by atoms with Crippen LogP contribution in [-0.2, 0) is 11.2 Å². The number of nitrogens with two attached hydrogens (primary N) is 1. The molecule has 0 radical (unpaired) electrons. The number of likely N-dealkylation sites (N-methyl/N-ethyl adjacent to an activating group) is 1. The molecule has 0 saturated carbocycles. The van der Waals surface area contributed by atoms with E-state index in [9.17, 15) is 4.79 Å². The predicted octanol–water partition coefficient (Wildman–Crippen LogP) is 1.43. The first kappa shape index (κ1) is 15.8. The number of carbonyl (C=O) groups excluding carboxylic acids is 1. The summed E-state index contributed by atoms with van der Waals surface area (Å²) in [5, 5.41) is 0. The van der Waals surface area contributed by atoms with Crippen LogP contribution in [0.5, 0.6) is 11.5 Å². The van der Waals surface area contributed by atoms with E-state index in [1.54, 1.807) is 21.2 Å². The highest BCUT2D eigenvalue weighted by Crippen LogP contribution is 2.36. The Balaban J connectivity index is 2.90. The van der Waals surface area contributed by atoms with Crippen molar-refractivity contribution in [2.45, 2.75) is 6.42 Å². The van der Waals surface area contributed by atoms with Gasteiger partial charge in [0.15, 0.2) is 18.1 Å². The van der Waals surface area contributed by atoms with Crippen molar-refractivity contribution in [3.63, 3.8) is 0 Å². The summed E-state index contributed by atoms with van der Waals surface area (Å²) in [6.07, 6.45) is 0.756. The smallest absolute Gasteiger partial charge is 0.259 e. The van der Waals surface area contributed by atoms with E-state index in [0.717, 1.165) is 16.5 Å². The van der Waals surface area contributed by atoms with Gasteiger partial charge in [-0.1, -0.05) is 0 Å². The minimum absolute atomic E-state index is 0.0296. The maximum Gasteiger partial charge on any atom is 0.259 e. The number of carbonyl (C=O) groups is 1. The highest BCUT2D eigenvalue weighted by atomic mass is 79.9. The lowest BCUT2D eigenvalue weighted by Gasteiger charge is -2.15. The summed E-state index contributed by atoms with van der Waals surface area (Å²) in [6.45, 7) is 0.535. The van der Waals surface area contributed by atoms with Gasteiger partial charge in [0.25, 0.3) is 5.91 Å². The van der Waals surface area contributed by atoms with Crippen molar-refractivity contribution < 1.29 is 14.3 Å². The highest BCUT2D eigenvalue weighted by Gasteiger charge is 2.14. The molecule has 0 unspecified atom stereocenters. The molecule has 1 rings (SSSR count). The molecule has 0 spiro atoms. The van der Waals surface area contributed by atoms with Gasteiger partial charge in [0, 0.05) is 14.1 Å². The lowest BCUT2D eigenvalue weighted by molar-refractivity contribution is -0.130. The number of halogens is 1. The molecule has 0 heterocycles. The molecular formula is C13H19BrN2O3. The molecule has 1 amide bonds. The first-order valence-electron chi connectivity index (χ1n) is 5.89. The molecule has 0 atom stereocenters. The first-order chi connectivity index (χ1) is 8.99. The standard InChI is InChI=1S/C13H19BrN2O3/c1-16(2)12(17)8-19-13-10(14)6-9(4-5-15)7-11(13)18-3/h6-7H,4-5,8,15H2,1-3H3. The average molecular weight is 331 g/mol. The third-order valence-corrected chi connectivity index (χ3v) is 3.15. The van der Waals surface area contributed by atoms with Crippen molar-refractivity contribution in [1.29, 1.82) is 0 Å². The maximum atomic E-state index is 11.5. The summed E-state index contributed by atoms with van der Waals surface area (Å²) in [5.74, 6) is 1.00. The second-order valence-corrected chi connectivity index (χ2v) is 5.08. The summed E-state index contributed by atoms with van der Waals surface area (Å²) in [5.41, 5.74) is 6.59. The van der Waals surface area contributed by atoms with Gasteiger partial charge in [-0.15, -0.1) is 0 Å². The maximum absolute atomic E-state index is 11.5. The molecule has 0 aromatic heterocycles. The summed E-state index contributed by atoms with van der Waals surface area (Å²) in [6, 6.07) is 3.79. The Morgan fingerprint density at radius 3 is 2.63 bits per heavy atom. The van der Waals surface area contributed by atoms with Crippen molar-refractivity contribution in [3.05, 3.63) is 22.2 Å². The monoisotopic (exact) mass is 330 g/mol. The van der Waals surface area contributed by atoms with Crippen molar-refractivity contribution in [3.8, 4) is 11.5 Å². The van der Waals surface area contributed by atoms with E-state index in [1.165, 1.54) is 4.90 Å². The van der Waals surface area contributed by atoms with E-state index in [1.807, 2.05) is 12.1 Å². The van der Waals surface area contributed by atoms with E-state index in [2.05, 4.69) is 15.9 Å². The van der Waals surface area contributed by atoms with Crippen molar-refractivity contribution in [1.82, 2.24) is 4.90 Å². The zero-order chi connectivity index (χ0) is 14.4. The number of methoxy groups -OCH3 is 1. The van der Waals surface area contributed by atoms with Crippen LogP contribution in [-0.4, -0.2) is 45.2 Å². The topological polar surface area (TPSA) is 64.8 Å². The van der Waals surface area contributed by atoms with Crippen molar-refractivity contribution >= 4 is 21.8 Å². The zero-order valence-corrected chi connectivity index (χ0v) is 13.0. The quantitative estimate of drug-likeness (QED) is 0.856. The summed E-state index contributed by atoms with van der Waals surface area (Å²) >= 11 is 3.43. The molecule has 0 saturated heterocycles. The van der Waals surface area contributed by atoms with Crippen LogP contribution in [0.15, 0.2) is 16.6 Å². The van der Waals surface area contributed by atoms with E-state index < -0.39 is 0 Å². The highest BCUT2D eigenvalue weighted by molar-refractivity contribution is 9.10. The van der Waals surface area contributed by atoms with Crippen LogP contribution in [0.4, 0.5) is 0 Å². The second-order valence-electron chi connectivity index (χ2n) is 4.22. The summed E-state index contributed by atoms with van der Waals surface area (Å²) in [7, 11) is 4.93. The fraction of sp³-hybridized carbons (Fsp3) is 0.462. The molecule has 1 aromatic rings. The number of ether oxygens (including phenoxy) is 2. The second kappa shape index (κ2) is 7.35. The Labute approximate surface area is 121 Å². The van der Waals surface area contributed by atoms with Gasteiger partial charge in [-0.25, -0.2) is 0 Å². The Morgan fingerprint density at radius 1 is 1.42 bits per heavy atom.